The largest absolute Gasteiger partial charge is 0.490 e. The molecule has 0 atom stereocenters. The zero-order chi connectivity index (χ0) is 21.4. The number of halogens is 1. The van der Waals surface area contributed by atoms with Crippen LogP contribution in [0.4, 0.5) is 17.1 Å². The molecule has 0 aliphatic carbocycles. The fourth-order valence-corrected chi connectivity index (χ4v) is 2.54. The molecule has 0 saturated heterocycles. The van der Waals surface area contributed by atoms with E-state index in [1.165, 1.54) is 12.3 Å². The Hall–Kier alpha value is -3.66. The van der Waals surface area contributed by atoms with E-state index in [0.29, 0.717) is 28.7 Å². The third-order valence-electron chi connectivity index (χ3n) is 3.46. The van der Waals surface area contributed by atoms with Crippen LogP contribution in [0, 0.1) is 20.2 Å². The molecule has 0 heterocycles. The smallest absolute Gasteiger partial charge is 0.301 e. The van der Waals surface area contributed by atoms with Crippen molar-refractivity contribution in [3.63, 3.8) is 0 Å². The number of nitro benzene ring substituents is 2. The Labute approximate surface area is 170 Å². The summed E-state index contributed by atoms with van der Waals surface area (Å²) < 4.78 is 11.0. The molecule has 0 aliphatic rings. The SMILES string of the molecule is C=CCOc1c(Cl)cc(/C=N/Nc2ccc([N+](=O)[O-])cc2[N+](=O)[O-])cc1OCC. The van der Waals surface area contributed by atoms with E-state index in [-0.39, 0.29) is 12.3 Å². The summed E-state index contributed by atoms with van der Waals surface area (Å²) >= 11 is 6.24. The summed E-state index contributed by atoms with van der Waals surface area (Å²) in [4.78, 5) is 20.5. The highest BCUT2D eigenvalue weighted by Gasteiger charge is 2.19. The van der Waals surface area contributed by atoms with Crippen molar-refractivity contribution >= 4 is 34.9 Å². The molecule has 29 heavy (non-hydrogen) atoms. The molecule has 10 nitrogen and oxygen atoms in total. The van der Waals surface area contributed by atoms with Gasteiger partial charge in [0.25, 0.3) is 5.69 Å². The predicted molar refractivity (Wildman–Crippen MR) is 109 cm³/mol. The van der Waals surface area contributed by atoms with Crippen LogP contribution in [0.5, 0.6) is 11.5 Å². The van der Waals surface area contributed by atoms with Crippen LogP contribution in [0.1, 0.15) is 12.5 Å². The Balaban J connectivity index is 2.27. The highest BCUT2D eigenvalue weighted by Crippen LogP contribution is 2.36. The lowest BCUT2D eigenvalue weighted by Crippen LogP contribution is -2.01. The molecule has 11 heteroatoms. The Morgan fingerprint density at radius 1 is 1.21 bits per heavy atom. The van der Waals surface area contributed by atoms with E-state index >= 15 is 0 Å². The number of rotatable bonds is 10. The molecule has 0 aromatic heterocycles. The lowest BCUT2D eigenvalue weighted by molar-refractivity contribution is -0.393. The number of anilines is 1. The Morgan fingerprint density at radius 2 is 1.97 bits per heavy atom. The average Bonchev–Trinajstić information content (AvgIpc) is 2.67. The molecule has 0 spiro atoms. The van der Waals surface area contributed by atoms with Crippen molar-refractivity contribution in [1.29, 1.82) is 0 Å². The maximum absolute atomic E-state index is 11.2. The van der Waals surface area contributed by atoms with E-state index in [4.69, 9.17) is 21.1 Å². The third-order valence-corrected chi connectivity index (χ3v) is 3.75. The van der Waals surface area contributed by atoms with Gasteiger partial charge in [-0.2, -0.15) is 5.10 Å². The molecule has 2 aromatic carbocycles. The molecule has 0 aliphatic heterocycles. The number of hydrogen-bond donors (Lipinski definition) is 1. The minimum absolute atomic E-state index is 0.00100. The molecular weight excluding hydrogens is 404 g/mol. The first kappa shape index (κ1) is 21.6. The van der Waals surface area contributed by atoms with E-state index in [9.17, 15) is 20.2 Å². The van der Waals surface area contributed by atoms with Crippen molar-refractivity contribution in [1.82, 2.24) is 0 Å². The minimum atomic E-state index is -0.735. The van der Waals surface area contributed by atoms with Gasteiger partial charge in [0.2, 0.25) is 0 Å². The number of non-ortho nitro benzene ring substituents is 1. The maximum atomic E-state index is 11.2. The van der Waals surface area contributed by atoms with Crippen LogP contribution in [0.15, 0.2) is 48.1 Å². The van der Waals surface area contributed by atoms with Crippen LogP contribution < -0.4 is 14.9 Å². The third kappa shape index (κ3) is 5.66. The molecule has 0 radical (unpaired) electrons. The fourth-order valence-electron chi connectivity index (χ4n) is 2.26. The summed E-state index contributed by atoms with van der Waals surface area (Å²) in [5, 5.41) is 26.2. The second-order valence-corrected chi connectivity index (χ2v) is 5.86. The minimum Gasteiger partial charge on any atom is -0.490 e. The zero-order valence-corrected chi connectivity index (χ0v) is 16.1. The highest BCUT2D eigenvalue weighted by molar-refractivity contribution is 6.32. The average molecular weight is 421 g/mol. The molecule has 2 rings (SSSR count). The molecule has 0 unspecified atom stereocenters. The fraction of sp³-hybridized carbons (Fsp3) is 0.167. The summed E-state index contributed by atoms with van der Waals surface area (Å²) in [6, 6.07) is 6.42. The molecule has 2 aromatic rings. The molecular formula is C18H17ClN4O6. The topological polar surface area (TPSA) is 129 Å². The molecule has 0 fully saturated rings. The van der Waals surface area contributed by atoms with E-state index in [0.717, 1.165) is 12.1 Å². The molecule has 1 N–H and O–H groups in total. The molecule has 0 saturated carbocycles. The quantitative estimate of drug-likeness (QED) is 0.258. The number of hydrogen-bond acceptors (Lipinski definition) is 8. The predicted octanol–water partition coefficient (Wildman–Crippen LogP) is 4.57. The van der Waals surface area contributed by atoms with E-state index in [2.05, 4.69) is 17.1 Å². The van der Waals surface area contributed by atoms with Gasteiger partial charge in [-0.3, -0.25) is 25.7 Å². The monoisotopic (exact) mass is 420 g/mol. The first-order chi connectivity index (χ1) is 13.9. The van der Waals surface area contributed by atoms with Gasteiger partial charge >= 0.3 is 5.69 Å². The number of ether oxygens (including phenoxy) is 2. The van der Waals surface area contributed by atoms with Crippen molar-refractivity contribution in [3.8, 4) is 11.5 Å². The summed E-state index contributed by atoms with van der Waals surface area (Å²) in [5.41, 5.74) is 2.18. The van der Waals surface area contributed by atoms with Crippen LogP contribution in [-0.2, 0) is 0 Å². The van der Waals surface area contributed by atoms with Gasteiger partial charge in [-0.05, 0) is 30.7 Å². The number of nitrogens with one attached hydrogen (secondary N) is 1. The Bertz CT molecular complexity index is 964. The lowest BCUT2D eigenvalue weighted by atomic mass is 10.2. The number of benzene rings is 2. The second kappa shape index (κ2) is 10.0. The van der Waals surface area contributed by atoms with Crippen molar-refractivity contribution in [3.05, 3.63) is 73.8 Å². The number of nitro groups is 2. The van der Waals surface area contributed by atoms with Gasteiger partial charge < -0.3 is 9.47 Å². The van der Waals surface area contributed by atoms with Crippen LogP contribution in [0.3, 0.4) is 0 Å². The second-order valence-electron chi connectivity index (χ2n) is 5.45. The Morgan fingerprint density at radius 3 is 2.59 bits per heavy atom. The van der Waals surface area contributed by atoms with Gasteiger partial charge in [-0.1, -0.05) is 24.3 Å². The first-order valence-corrected chi connectivity index (χ1v) is 8.67. The summed E-state index contributed by atoms with van der Waals surface area (Å²) in [5.74, 6) is 0.772. The Kier molecular flexibility index (Phi) is 7.49. The molecule has 0 amide bonds. The number of nitrogens with zero attached hydrogens (tertiary/aromatic N) is 3. The van der Waals surface area contributed by atoms with Crippen LogP contribution in [-0.4, -0.2) is 29.3 Å². The number of hydrazone groups is 1. The van der Waals surface area contributed by atoms with Crippen LogP contribution in [0.2, 0.25) is 5.02 Å². The van der Waals surface area contributed by atoms with Gasteiger partial charge in [0, 0.05) is 6.07 Å². The highest BCUT2D eigenvalue weighted by atomic mass is 35.5. The summed E-state index contributed by atoms with van der Waals surface area (Å²) in [6.45, 7) is 6.02. The van der Waals surface area contributed by atoms with Gasteiger partial charge in [-0.25, -0.2) is 0 Å². The first-order valence-electron chi connectivity index (χ1n) is 8.29. The van der Waals surface area contributed by atoms with Crippen molar-refractivity contribution in [2.75, 3.05) is 18.6 Å². The molecule has 0 bridgehead atoms. The normalized spacial score (nSPS) is 10.6. The van der Waals surface area contributed by atoms with Crippen LogP contribution >= 0.6 is 11.6 Å². The molecule has 152 valence electrons. The van der Waals surface area contributed by atoms with Gasteiger partial charge in [0.15, 0.2) is 11.5 Å². The summed E-state index contributed by atoms with van der Waals surface area (Å²) in [7, 11) is 0. The van der Waals surface area contributed by atoms with E-state index < -0.39 is 21.2 Å². The van der Waals surface area contributed by atoms with Crippen molar-refractivity contribution in [2.45, 2.75) is 6.92 Å². The van der Waals surface area contributed by atoms with Crippen molar-refractivity contribution in [2.24, 2.45) is 5.10 Å². The van der Waals surface area contributed by atoms with Crippen molar-refractivity contribution < 1.29 is 19.3 Å². The lowest BCUT2D eigenvalue weighted by Gasteiger charge is -2.13. The van der Waals surface area contributed by atoms with E-state index in [1.54, 1.807) is 25.1 Å². The summed E-state index contributed by atoms with van der Waals surface area (Å²) in [6.07, 6.45) is 2.94. The maximum Gasteiger partial charge on any atom is 0.301 e. The van der Waals surface area contributed by atoms with E-state index in [1.807, 2.05) is 0 Å². The van der Waals surface area contributed by atoms with Gasteiger partial charge in [0.1, 0.15) is 12.3 Å². The van der Waals surface area contributed by atoms with Crippen LogP contribution in [0.25, 0.3) is 0 Å². The zero-order valence-electron chi connectivity index (χ0n) is 15.3. The standard InChI is InChI=1S/C18H17ClN4O6/c1-3-7-29-18-14(19)8-12(9-17(18)28-4-2)11-20-21-15-6-5-13(22(24)25)10-16(15)23(26)27/h3,5-6,8-11,21H,1,4,7H2,2H3/b20-11+. The van der Waals surface area contributed by atoms with Gasteiger partial charge in [-0.15, -0.1) is 0 Å². The van der Waals surface area contributed by atoms with Gasteiger partial charge in [0.05, 0.1) is 33.8 Å².